The molecule has 18 heavy (non-hydrogen) atoms. The van der Waals surface area contributed by atoms with Crippen molar-refractivity contribution in [3.05, 3.63) is 29.8 Å². The van der Waals surface area contributed by atoms with E-state index < -0.39 is 0 Å². The van der Waals surface area contributed by atoms with Gasteiger partial charge in [0.15, 0.2) is 0 Å². The summed E-state index contributed by atoms with van der Waals surface area (Å²) < 4.78 is 0. The molecule has 100 valence electrons. The fourth-order valence-electron chi connectivity index (χ4n) is 2.90. The van der Waals surface area contributed by atoms with E-state index in [0.717, 1.165) is 19.0 Å². The normalized spacial score (nSPS) is 20.6. The maximum atomic E-state index is 3.43. The zero-order chi connectivity index (χ0) is 13.0. The van der Waals surface area contributed by atoms with Crippen LogP contribution in [0.1, 0.15) is 32.8 Å². The van der Waals surface area contributed by atoms with Crippen molar-refractivity contribution in [2.24, 2.45) is 5.92 Å². The Morgan fingerprint density at radius 2 is 2.17 bits per heavy atom. The highest BCUT2D eigenvalue weighted by molar-refractivity contribution is 5.56. The van der Waals surface area contributed by atoms with Gasteiger partial charge < -0.3 is 10.2 Å². The second-order valence-corrected chi connectivity index (χ2v) is 5.58. The van der Waals surface area contributed by atoms with Crippen molar-refractivity contribution >= 4 is 5.69 Å². The Bertz CT molecular complexity index is 375. The van der Waals surface area contributed by atoms with Gasteiger partial charge in [-0.2, -0.15) is 0 Å². The lowest BCUT2D eigenvalue weighted by Gasteiger charge is -2.39. The average molecular weight is 246 g/mol. The van der Waals surface area contributed by atoms with E-state index in [-0.39, 0.29) is 0 Å². The first-order valence-corrected chi connectivity index (χ1v) is 7.27. The molecule has 2 unspecified atom stereocenters. The van der Waals surface area contributed by atoms with Crippen LogP contribution in [0.5, 0.6) is 0 Å². The van der Waals surface area contributed by atoms with Crippen LogP contribution in [0.25, 0.3) is 0 Å². The van der Waals surface area contributed by atoms with Gasteiger partial charge in [0.25, 0.3) is 0 Å². The maximum absolute atomic E-state index is 3.43. The molecule has 2 heteroatoms. The summed E-state index contributed by atoms with van der Waals surface area (Å²) in [5, 5.41) is 3.43. The van der Waals surface area contributed by atoms with Gasteiger partial charge in [0, 0.05) is 18.3 Å². The molecule has 1 N–H and O–H groups in total. The fraction of sp³-hybridized carbons (Fsp3) is 0.625. The molecule has 0 saturated heterocycles. The quantitative estimate of drug-likeness (QED) is 0.803. The smallest absolute Gasteiger partial charge is 0.0401 e. The van der Waals surface area contributed by atoms with Gasteiger partial charge in [-0.05, 0) is 50.4 Å². The Balaban J connectivity index is 2.08. The molecule has 1 aliphatic heterocycles. The highest BCUT2D eigenvalue weighted by atomic mass is 15.2. The molecular formula is C16H26N2. The van der Waals surface area contributed by atoms with E-state index in [1.807, 2.05) is 0 Å². The largest absolute Gasteiger partial charge is 0.368 e. The molecule has 1 heterocycles. The Morgan fingerprint density at radius 1 is 1.39 bits per heavy atom. The first-order valence-electron chi connectivity index (χ1n) is 7.27. The number of nitrogens with zero attached hydrogens (tertiary/aromatic N) is 1. The summed E-state index contributed by atoms with van der Waals surface area (Å²) in [6.45, 7) is 10.3. The second kappa shape index (κ2) is 6.24. The lowest BCUT2D eigenvalue weighted by molar-refractivity contribution is 0.472. The van der Waals surface area contributed by atoms with Gasteiger partial charge in [0.2, 0.25) is 0 Å². The minimum atomic E-state index is 0.618. The number of para-hydroxylation sites is 1. The predicted octanol–water partition coefficient (Wildman–Crippen LogP) is 3.07. The van der Waals surface area contributed by atoms with Crippen LogP contribution in [0.2, 0.25) is 0 Å². The zero-order valence-corrected chi connectivity index (χ0v) is 11.9. The third-order valence-electron chi connectivity index (χ3n) is 3.90. The van der Waals surface area contributed by atoms with Crippen molar-refractivity contribution in [3.63, 3.8) is 0 Å². The number of hydrogen-bond acceptors (Lipinski definition) is 2. The molecular weight excluding hydrogens is 220 g/mol. The van der Waals surface area contributed by atoms with Crippen LogP contribution in [0.3, 0.4) is 0 Å². The number of hydrogen-bond donors (Lipinski definition) is 1. The molecule has 0 spiro atoms. The molecule has 0 amide bonds. The summed E-state index contributed by atoms with van der Waals surface area (Å²) in [5.41, 5.74) is 2.98. The number of benzene rings is 1. The minimum absolute atomic E-state index is 0.618. The van der Waals surface area contributed by atoms with Gasteiger partial charge >= 0.3 is 0 Å². The molecule has 0 radical (unpaired) electrons. The highest BCUT2D eigenvalue weighted by Gasteiger charge is 2.24. The molecule has 0 bridgehead atoms. The van der Waals surface area contributed by atoms with Crippen LogP contribution in [0, 0.1) is 5.92 Å². The van der Waals surface area contributed by atoms with E-state index in [2.05, 4.69) is 55.3 Å². The second-order valence-electron chi connectivity index (χ2n) is 5.58. The van der Waals surface area contributed by atoms with E-state index in [4.69, 9.17) is 0 Å². The van der Waals surface area contributed by atoms with Gasteiger partial charge in [-0.3, -0.25) is 0 Å². The van der Waals surface area contributed by atoms with E-state index in [0.29, 0.717) is 6.04 Å². The summed E-state index contributed by atoms with van der Waals surface area (Å²) >= 11 is 0. The number of anilines is 1. The van der Waals surface area contributed by atoms with Gasteiger partial charge in [-0.1, -0.05) is 32.0 Å². The minimum Gasteiger partial charge on any atom is -0.368 e. The predicted molar refractivity (Wildman–Crippen MR) is 79.3 cm³/mol. The van der Waals surface area contributed by atoms with E-state index in [1.54, 1.807) is 0 Å². The van der Waals surface area contributed by atoms with Crippen molar-refractivity contribution in [1.82, 2.24) is 5.32 Å². The summed E-state index contributed by atoms with van der Waals surface area (Å²) in [6.07, 6.45) is 2.45. The topological polar surface area (TPSA) is 15.3 Å². The van der Waals surface area contributed by atoms with Crippen LogP contribution >= 0.6 is 0 Å². The number of nitrogens with one attached hydrogen (secondary N) is 1. The van der Waals surface area contributed by atoms with E-state index >= 15 is 0 Å². The van der Waals surface area contributed by atoms with Crippen molar-refractivity contribution < 1.29 is 0 Å². The van der Waals surface area contributed by atoms with E-state index in [9.17, 15) is 0 Å². The molecule has 1 aromatic carbocycles. The molecule has 1 aromatic rings. The molecule has 0 aliphatic carbocycles. The van der Waals surface area contributed by atoms with Crippen LogP contribution in [0.15, 0.2) is 24.3 Å². The standard InChI is InChI=1S/C16H26N2/c1-4-17-10-9-14(3)18-12-13(2)11-15-7-5-6-8-16(15)18/h5-8,13-14,17H,4,9-12H2,1-3H3. The zero-order valence-electron chi connectivity index (χ0n) is 11.9. The first-order chi connectivity index (χ1) is 8.72. The Labute approximate surface area is 111 Å². The van der Waals surface area contributed by atoms with Crippen molar-refractivity contribution in [1.29, 1.82) is 0 Å². The lowest BCUT2D eigenvalue weighted by Crippen LogP contribution is -2.41. The summed E-state index contributed by atoms with van der Waals surface area (Å²) in [6, 6.07) is 9.52. The molecule has 0 fully saturated rings. The van der Waals surface area contributed by atoms with Gasteiger partial charge in [0.1, 0.15) is 0 Å². The Hall–Kier alpha value is -1.02. The summed E-state index contributed by atoms with van der Waals surface area (Å²) in [4.78, 5) is 2.60. The van der Waals surface area contributed by atoms with Crippen LogP contribution in [0.4, 0.5) is 5.69 Å². The Morgan fingerprint density at radius 3 is 2.94 bits per heavy atom. The maximum Gasteiger partial charge on any atom is 0.0401 e. The third-order valence-corrected chi connectivity index (χ3v) is 3.90. The van der Waals surface area contributed by atoms with Crippen LogP contribution in [-0.4, -0.2) is 25.7 Å². The first kappa shape index (κ1) is 13.4. The van der Waals surface area contributed by atoms with Gasteiger partial charge in [-0.25, -0.2) is 0 Å². The molecule has 2 atom stereocenters. The number of fused-ring (bicyclic) bond motifs is 1. The summed E-state index contributed by atoms with van der Waals surface area (Å²) in [7, 11) is 0. The molecule has 2 rings (SSSR count). The monoisotopic (exact) mass is 246 g/mol. The molecule has 2 nitrogen and oxygen atoms in total. The van der Waals surface area contributed by atoms with Crippen LogP contribution in [-0.2, 0) is 6.42 Å². The van der Waals surface area contributed by atoms with Crippen LogP contribution < -0.4 is 10.2 Å². The van der Waals surface area contributed by atoms with E-state index in [1.165, 1.54) is 30.6 Å². The fourth-order valence-corrected chi connectivity index (χ4v) is 2.90. The van der Waals surface area contributed by atoms with Gasteiger partial charge in [-0.15, -0.1) is 0 Å². The SMILES string of the molecule is CCNCCC(C)N1CC(C)Cc2ccccc21. The molecule has 0 saturated carbocycles. The van der Waals surface area contributed by atoms with Crippen molar-refractivity contribution in [3.8, 4) is 0 Å². The summed E-state index contributed by atoms with van der Waals surface area (Å²) in [5.74, 6) is 0.765. The third kappa shape index (κ3) is 3.05. The average Bonchev–Trinajstić information content (AvgIpc) is 2.38. The van der Waals surface area contributed by atoms with Crippen molar-refractivity contribution in [2.75, 3.05) is 24.5 Å². The van der Waals surface area contributed by atoms with Gasteiger partial charge in [0.05, 0.1) is 0 Å². The number of rotatable bonds is 5. The lowest BCUT2D eigenvalue weighted by atomic mass is 9.92. The van der Waals surface area contributed by atoms with Crippen molar-refractivity contribution in [2.45, 2.75) is 39.7 Å². The molecule has 0 aromatic heterocycles. The molecule has 1 aliphatic rings. The highest BCUT2D eigenvalue weighted by Crippen LogP contribution is 2.31. The Kier molecular flexibility index (Phi) is 4.65.